The molecule has 1 rings (SSSR count). The van der Waals surface area contributed by atoms with Crippen LogP contribution >= 0.6 is 0 Å². The molecule has 0 spiro atoms. The van der Waals surface area contributed by atoms with Crippen LogP contribution < -0.4 is 14.9 Å². The summed E-state index contributed by atoms with van der Waals surface area (Å²) in [5.74, 6) is 1.53. The van der Waals surface area contributed by atoms with Crippen molar-refractivity contribution in [2.75, 3.05) is 20.8 Å². The van der Waals surface area contributed by atoms with E-state index in [0.717, 1.165) is 30.1 Å². The van der Waals surface area contributed by atoms with Crippen molar-refractivity contribution in [3.63, 3.8) is 0 Å². The molecule has 0 fully saturated rings. The van der Waals surface area contributed by atoms with E-state index in [0.29, 0.717) is 0 Å². The minimum Gasteiger partial charge on any atom is -0.493 e. The molecule has 4 heteroatoms. The maximum atomic E-state index is 5.70. The first kappa shape index (κ1) is 14.4. The molecule has 0 aromatic heterocycles. The number of benzene rings is 1. The fourth-order valence-corrected chi connectivity index (χ4v) is 1.56. The molecule has 0 amide bonds. The van der Waals surface area contributed by atoms with E-state index in [9.17, 15) is 0 Å². The molecule has 0 unspecified atom stereocenters. The van der Waals surface area contributed by atoms with Crippen molar-refractivity contribution in [2.24, 2.45) is 5.10 Å². The van der Waals surface area contributed by atoms with Gasteiger partial charge in [0.2, 0.25) is 0 Å². The third kappa shape index (κ3) is 4.65. The highest BCUT2D eigenvalue weighted by atomic mass is 16.5. The lowest BCUT2D eigenvalue weighted by molar-refractivity contribution is 0.286. The van der Waals surface area contributed by atoms with E-state index in [4.69, 9.17) is 9.47 Å². The molecule has 1 N–H and O–H groups in total. The number of nitrogens with zero attached hydrogens (tertiary/aromatic N) is 1. The van der Waals surface area contributed by atoms with Crippen LogP contribution in [0.25, 0.3) is 0 Å². The third-order valence-corrected chi connectivity index (χ3v) is 2.54. The van der Waals surface area contributed by atoms with Gasteiger partial charge in [0.15, 0.2) is 11.5 Å². The van der Waals surface area contributed by atoms with E-state index in [-0.39, 0.29) is 0 Å². The Bertz CT molecular complexity index is 378. The van der Waals surface area contributed by atoms with Crippen molar-refractivity contribution in [1.29, 1.82) is 0 Å². The van der Waals surface area contributed by atoms with Crippen LogP contribution in [-0.2, 0) is 0 Å². The van der Waals surface area contributed by atoms with Crippen molar-refractivity contribution in [2.45, 2.75) is 26.2 Å². The second-order valence-electron chi connectivity index (χ2n) is 3.95. The molecular formula is C14H22N2O2. The van der Waals surface area contributed by atoms with E-state index in [1.54, 1.807) is 20.4 Å². The lowest BCUT2D eigenvalue weighted by Crippen LogP contribution is -2.00. The maximum Gasteiger partial charge on any atom is 0.161 e. The number of hydrazone groups is 1. The van der Waals surface area contributed by atoms with Gasteiger partial charge < -0.3 is 14.9 Å². The van der Waals surface area contributed by atoms with Crippen molar-refractivity contribution in [1.82, 2.24) is 5.43 Å². The fraction of sp³-hybridized carbons (Fsp3) is 0.500. The van der Waals surface area contributed by atoms with Gasteiger partial charge in [-0.2, -0.15) is 5.10 Å². The van der Waals surface area contributed by atoms with Gasteiger partial charge in [-0.3, -0.25) is 0 Å². The standard InChI is InChI=1S/C14H22N2O2/c1-4-5-6-9-18-13-8-7-12(11-16-15-2)10-14(13)17-3/h7-8,10-11,15H,4-6,9H2,1-3H3/b16-11+. The SMILES string of the molecule is CCCCCOc1ccc(/C=N/NC)cc1OC. The summed E-state index contributed by atoms with van der Waals surface area (Å²) >= 11 is 0. The zero-order valence-corrected chi connectivity index (χ0v) is 11.4. The minimum atomic E-state index is 0.730. The van der Waals surface area contributed by atoms with Crippen molar-refractivity contribution < 1.29 is 9.47 Å². The summed E-state index contributed by atoms with van der Waals surface area (Å²) in [6.07, 6.45) is 5.20. The number of methoxy groups -OCH3 is 1. The average Bonchev–Trinajstić information content (AvgIpc) is 2.42. The van der Waals surface area contributed by atoms with Crippen LogP contribution in [0.2, 0.25) is 0 Å². The smallest absolute Gasteiger partial charge is 0.161 e. The van der Waals surface area contributed by atoms with Gasteiger partial charge in [-0.15, -0.1) is 0 Å². The minimum absolute atomic E-state index is 0.730. The molecule has 100 valence electrons. The Balaban J connectivity index is 2.64. The van der Waals surface area contributed by atoms with Gasteiger partial charge in [0.25, 0.3) is 0 Å². The molecular weight excluding hydrogens is 228 g/mol. The van der Waals surface area contributed by atoms with Gasteiger partial charge in [-0.1, -0.05) is 19.8 Å². The van der Waals surface area contributed by atoms with E-state index < -0.39 is 0 Å². The predicted octanol–water partition coefficient (Wildman–Crippen LogP) is 2.82. The molecule has 0 radical (unpaired) electrons. The number of nitrogens with one attached hydrogen (secondary N) is 1. The van der Waals surface area contributed by atoms with Crippen LogP contribution in [0.4, 0.5) is 0 Å². The molecule has 0 saturated heterocycles. The number of hydrogen-bond donors (Lipinski definition) is 1. The van der Waals surface area contributed by atoms with Crippen LogP contribution in [-0.4, -0.2) is 27.0 Å². The van der Waals surface area contributed by atoms with Crippen LogP contribution in [0, 0.1) is 0 Å². The van der Waals surface area contributed by atoms with Crippen LogP contribution in [0.15, 0.2) is 23.3 Å². The summed E-state index contributed by atoms with van der Waals surface area (Å²) in [5, 5.41) is 3.96. The van der Waals surface area contributed by atoms with Crippen molar-refractivity contribution in [3.8, 4) is 11.5 Å². The molecule has 0 bridgehead atoms. The predicted molar refractivity (Wildman–Crippen MR) is 74.7 cm³/mol. The van der Waals surface area contributed by atoms with Crippen LogP contribution in [0.3, 0.4) is 0 Å². The summed E-state index contributed by atoms with van der Waals surface area (Å²) in [4.78, 5) is 0. The Labute approximate surface area is 109 Å². The molecule has 0 saturated carbocycles. The third-order valence-electron chi connectivity index (χ3n) is 2.54. The summed E-state index contributed by atoms with van der Waals surface area (Å²) in [7, 11) is 3.41. The monoisotopic (exact) mass is 250 g/mol. The molecule has 18 heavy (non-hydrogen) atoms. The Morgan fingerprint density at radius 3 is 2.78 bits per heavy atom. The second kappa shape index (κ2) is 8.39. The summed E-state index contributed by atoms with van der Waals surface area (Å²) in [5.41, 5.74) is 3.69. The Morgan fingerprint density at radius 1 is 1.28 bits per heavy atom. The Kier molecular flexibility index (Phi) is 6.69. The van der Waals surface area contributed by atoms with Gasteiger partial charge in [-0.05, 0) is 30.2 Å². The highest BCUT2D eigenvalue weighted by molar-refractivity contribution is 5.80. The van der Waals surface area contributed by atoms with Gasteiger partial charge in [-0.25, -0.2) is 0 Å². The topological polar surface area (TPSA) is 42.8 Å². The number of rotatable bonds is 8. The first-order valence-corrected chi connectivity index (χ1v) is 6.32. The zero-order valence-electron chi connectivity index (χ0n) is 11.4. The van der Waals surface area contributed by atoms with Crippen molar-refractivity contribution in [3.05, 3.63) is 23.8 Å². The van der Waals surface area contributed by atoms with Gasteiger partial charge in [0.1, 0.15) is 0 Å². The van der Waals surface area contributed by atoms with Gasteiger partial charge >= 0.3 is 0 Å². The summed E-state index contributed by atoms with van der Waals surface area (Å²) in [6.45, 7) is 2.91. The molecule has 0 atom stereocenters. The van der Waals surface area contributed by atoms with Crippen molar-refractivity contribution >= 4 is 6.21 Å². The molecule has 0 heterocycles. The molecule has 1 aromatic carbocycles. The number of unbranched alkanes of at least 4 members (excludes halogenated alkanes) is 2. The molecule has 1 aromatic rings. The quantitative estimate of drug-likeness (QED) is 0.438. The number of hydrogen-bond acceptors (Lipinski definition) is 4. The lowest BCUT2D eigenvalue weighted by atomic mass is 10.2. The first-order valence-electron chi connectivity index (χ1n) is 6.32. The normalized spacial score (nSPS) is 10.6. The molecule has 4 nitrogen and oxygen atoms in total. The van der Waals surface area contributed by atoms with Crippen LogP contribution in [0.1, 0.15) is 31.7 Å². The number of ether oxygens (including phenoxy) is 2. The van der Waals surface area contributed by atoms with E-state index >= 15 is 0 Å². The Hall–Kier alpha value is -1.71. The summed E-state index contributed by atoms with van der Waals surface area (Å²) < 4.78 is 11.0. The molecule has 0 aliphatic rings. The second-order valence-corrected chi connectivity index (χ2v) is 3.95. The largest absolute Gasteiger partial charge is 0.493 e. The average molecular weight is 250 g/mol. The fourth-order valence-electron chi connectivity index (χ4n) is 1.56. The highest BCUT2D eigenvalue weighted by Gasteiger charge is 2.04. The zero-order chi connectivity index (χ0) is 13.2. The van der Waals surface area contributed by atoms with Crippen LogP contribution in [0.5, 0.6) is 11.5 Å². The van der Waals surface area contributed by atoms with Gasteiger partial charge in [0.05, 0.1) is 19.9 Å². The first-order chi connectivity index (χ1) is 8.81. The Morgan fingerprint density at radius 2 is 2.11 bits per heavy atom. The van der Waals surface area contributed by atoms with E-state index in [2.05, 4.69) is 17.5 Å². The lowest BCUT2D eigenvalue weighted by Gasteiger charge is -2.11. The van der Waals surface area contributed by atoms with Gasteiger partial charge in [0, 0.05) is 7.05 Å². The van der Waals surface area contributed by atoms with E-state index in [1.807, 2.05) is 18.2 Å². The summed E-state index contributed by atoms with van der Waals surface area (Å²) in [6, 6.07) is 5.79. The highest BCUT2D eigenvalue weighted by Crippen LogP contribution is 2.27. The maximum absolute atomic E-state index is 5.70. The molecule has 0 aliphatic heterocycles. The van der Waals surface area contributed by atoms with E-state index in [1.165, 1.54) is 12.8 Å². The molecule has 0 aliphatic carbocycles.